The van der Waals surface area contributed by atoms with Gasteiger partial charge in [-0.05, 0) is 41.8 Å². The number of fused-ring (bicyclic) bond motifs is 2. The summed E-state index contributed by atoms with van der Waals surface area (Å²) in [4.78, 5) is 42.9. The third kappa shape index (κ3) is 3.51. The van der Waals surface area contributed by atoms with Gasteiger partial charge in [0.2, 0.25) is 5.91 Å². The maximum absolute atomic E-state index is 13.4. The molecule has 4 amide bonds. The third-order valence-corrected chi connectivity index (χ3v) is 9.20. The minimum absolute atomic E-state index is 0.0366. The predicted molar refractivity (Wildman–Crippen MR) is 119 cm³/mol. The summed E-state index contributed by atoms with van der Waals surface area (Å²) in [6.45, 7) is -0.148. The number of nitrogens with zero attached hydrogens (tertiary/aromatic N) is 2. The summed E-state index contributed by atoms with van der Waals surface area (Å²) in [5.41, 5.74) is 0.680. The normalized spacial score (nSPS) is 25.9. The molecule has 2 saturated heterocycles. The van der Waals surface area contributed by atoms with Crippen molar-refractivity contribution < 1.29 is 22.8 Å². The molecule has 1 aromatic heterocycles. The molecule has 32 heavy (non-hydrogen) atoms. The Morgan fingerprint density at radius 1 is 1.22 bits per heavy atom. The van der Waals surface area contributed by atoms with E-state index >= 15 is 0 Å². The Kier molecular flexibility index (Phi) is 5.09. The Morgan fingerprint density at radius 3 is 2.75 bits per heavy atom. The molecule has 5 rings (SSSR count). The zero-order chi connectivity index (χ0) is 22.5. The molecule has 2 fully saturated rings. The van der Waals surface area contributed by atoms with Crippen LogP contribution in [0.25, 0.3) is 0 Å². The van der Waals surface area contributed by atoms with Gasteiger partial charge >= 0.3 is 6.03 Å². The fraction of sp³-hybridized carbons (Fsp3) is 0.409. The number of imide groups is 1. The molecule has 1 spiro atoms. The molecule has 1 aromatic carbocycles. The number of thiophene rings is 1. The van der Waals surface area contributed by atoms with Crippen molar-refractivity contribution in [2.75, 3.05) is 18.1 Å². The van der Waals surface area contributed by atoms with E-state index in [2.05, 4.69) is 5.32 Å². The molecule has 2 unspecified atom stereocenters. The molecule has 2 atom stereocenters. The first-order chi connectivity index (χ1) is 15.3. The predicted octanol–water partition coefficient (Wildman–Crippen LogP) is 1.66. The molecule has 1 aliphatic carbocycles. The summed E-state index contributed by atoms with van der Waals surface area (Å²) in [6, 6.07) is 10.2. The minimum atomic E-state index is -3.20. The summed E-state index contributed by atoms with van der Waals surface area (Å²) >= 11 is 1.48. The number of hydrogen-bond donors (Lipinski definition) is 1. The quantitative estimate of drug-likeness (QED) is 0.665. The third-order valence-electron chi connectivity index (χ3n) is 6.59. The van der Waals surface area contributed by atoms with Crippen LogP contribution in [-0.4, -0.2) is 60.2 Å². The molecule has 168 valence electrons. The van der Waals surface area contributed by atoms with Crippen LogP contribution in [0.5, 0.6) is 0 Å². The van der Waals surface area contributed by atoms with Crippen molar-refractivity contribution in [3.63, 3.8) is 0 Å². The lowest BCUT2D eigenvalue weighted by molar-refractivity contribution is -0.140. The molecule has 1 N–H and O–H groups in total. The number of carbonyl (C=O) groups excluding carboxylic acids is 3. The van der Waals surface area contributed by atoms with Gasteiger partial charge < -0.3 is 10.2 Å². The summed E-state index contributed by atoms with van der Waals surface area (Å²) in [5, 5.41) is 4.72. The molecule has 2 aromatic rings. The number of hydrogen-bond acceptors (Lipinski definition) is 6. The average molecular weight is 474 g/mol. The van der Waals surface area contributed by atoms with Crippen LogP contribution in [0.15, 0.2) is 41.8 Å². The number of carbonyl (C=O) groups is 3. The van der Waals surface area contributed by atoms with Gasteiger partial charge in [-0.15, -0.1) is 11.3 Å². The second-order valence-electron chi connectivity index (χ2n) is 8.54. The SMILES string of the molecule is O=C1NC2(CCc3ccccc32)C(=O)N1CC(=O)N(Cc1cccs1)C1CCS(=O)(=O)C1. The van der Waals surface area contributed by atoms with Crippen molar-refractivity contribution in [1.82, 2.24) is 15.1 Å². The number of urea groups is 1. The Balaban J connectivity index is 1.39. The molecule has 3 aliphatic rings. The standard InChI is InChI=1S/C22H23N3O5S2/c26-19(24(12-17-5-3-10-31-17)16-8-11-32(29,30)14-16)13-25-20(27)22(23-21(25)28)9-7-15-4-1-2-6-18(15)22/h1-6,10,16H,7-9,11-14H2,(H,23,28). The number of rotatable bonds is 5. The van der Waals surface area contributed by atoms with Crippen molar-refractivity contribution in [1.29, 1.82) is 0 Å². The van der Waals surface area contributed by atoms with Crippen LogP contribution in [0, 0.1) is 0 Å². The second-order valence-corrected chi connectivity index (χ2v) is 11.8. The molecule has 3 heterocycles. The van der Waals surface area contributed by atoms with Crippen molar-refractivity contribution in [3.8, 4) is 0 Å². The van der Waals surface area contributed by atoms with Crippen LogP contribution in [0.1, 0.15) is 28.8 Å². The monoisotopic (exact) mass is 473 g/mol. The Morgan fingerprint density at radius 2 is 2.03 bits per heavy atom. The molecular formula is C22H23N3O5S2. The van der Waals surface area contributed by atoms with Gasteiger partial charge in [0.1, 0.15) is 12.1 Å². The van der Waals surface area contributed by atoms with E-state index in [9.17, 15) is 22.8 Å². The topological polar surface area (TPSA) is 104 Å². The van der Waals surface area contributed by atoms with E-state index in [0.717, 1.165) is 20.9 Å². The van der Waals surface area contributed by atoms with Gasteiger partial charge in [0.25, 0.3) is 5.91 Å². The zero-order valence-corrected chi connectivity index (χ0v) is 19.0. The van der Waals surface area contributed by atoms with Crippen LogP contribution in [0.3, 0.4) is 0 Å². The van der Waals surface area contributed by atoms with E-state index in [4.69, 9.17) is 0 Å². The summed E-state index contributed by atoms with van der Waals surface area (Å²) < 4.78 is 24.1. The highest BCUT2D eigenvalue weighted by Crippen LogP contribution is 2.41. The lowest BCUT2D eigenvalue weighted by Crippen LogP contribution is -2.48. The van der Waals surface area contributed by atoms with E-state index in [1.807, 2.05) is 41.8 Å². The first kappa shape index (κ1) is 21.1. The van der Waals surface area contributed by atoms with Gasteiger partial charge in [-0.2, -0.15) is 0 Å². The van der Waals surface area contributed by atoms with Gasteiger partial charge in [0.15, 0.2) is 9.84 Å². The van der Waals surface area contributed by atoms with E-state index < -0.39 is 45.8 Å². The van der Waals surface area contributed by atoms with Gasteiger partial charge in [0, 0.05) is 10.9 Å². The molecule has 8 nitrogen and oxygen atoms in total. The number of nitrogens with one attached hydrogen (secondary N) is 1. The molecule has 0 bridgehead atoms. The first-order valence-electron chi connectivity index (χ1n) is 10.5. The summed E-state index contributed by atoms with van der Waals surface area (Å²) in [7, 11) is -3.20. The highest BCUT2D eigenvalue weighted by Gasteiger charge is 2.55. The van der Waals surface area contributed by atoms with Crippen LogP contribution >= 0.6 is 11.3 Å². The lowest BCUT2D eigenvalue weighted by atomic mass is 9.92. The number of aryl methyl sites for hydroxylation is 1. The molecular weight excluding hydrogens is 450 g/mol. The van der Waals surface area contributed by atoms with E-state index in [-0.39, 0.29) is 18.1 Å². The minimum Gasteiger partial charge on any atom is -0.332 e. The smallest absolute Gasteiger partial charge is 0.325 e. The van der Waals surface area contributed by atoms with E-state index in [1.54, 1.807) is 0 Å². The first-order valence-corrected chi connectivity index (χ1v) is 13.2. The van der Waals surface area contributed by atoms with Crippen molar-refractivity contribution in [2.45, 2.75) is 37.4 Å². The highest BCUT2D eigenvalue weighted by atomic mass is 32.2. The van der Waals surface area contributed by atoms with Gasteiger partial charge in [0.05, 0.1) is 18.1 Å². The number of amides is 4. The average Bonchev–Trinajstić information content (AvgIpc) is 3.52. The van der Waals surface area contributed by atoms with Crippen LogP contribution < -0.4 is 5.32 Å². The molecule has 0 radical (unpaired) electrons. The van der Waals surface area contributed by atoms with E-state index in [1.165, 1.54) is 16.2 Å². The molecule has 10 heteroatoms. The zero-order valence-electron chi connectivity index (χ0n) is 17.3. The van der Waals surface area contributed by atoms with Crippen molar-refractivity contribution in [3.05, 3.63) is 57.8 Å². The number of benzene rings is 1. The maximum Gasteiger partial charge on any atom is 0.325 e. The Labute approximate surface area is 190 Å². The number of sulfone groups is 1. The lowest BCUT2D eigenvalue weighted by Gasteiger charge is -2.29. The van der Waals surface area contributed by atoms with Crippen molar-refractivity contribution in [2.24, 2.45) is 0 Å². The molecule has 0 saturated carbocycles. The van der Waals surface area contributed by atoms with Crippen LogP contribution in [0.4, 0.5) is 4.79 Å². The molecule has 2 aliphatic heterocycles. The second kappa shape index (κ2) is 7.70. The summed E-state index contributed by atoms with van der Waals surface area (Å²) in [6.07, 6.45) is 1.49. The van der Waals surface area contributed by atoms with Gasteiger partial charge in [-0.3, -0.25) is 14.5 Å². The van der Waals surface area contributed by atoms with Gasteiger partial charge in [-0.1, -0.05) is 30.3 Å². The van der Waals surface area contributed by atoms with E-state index in [0.29, 0.717) is 19.3 Å². The highest BCUT2D eigenvalue weighted by molar-refractivity contribution is 7.91. The maximum atomic E-state index is 13.4. The van der Waals surface area contributed by atoms with Gasteiger partial charge in [-0.25, -0.2) is 13.2 Å². The Hall–Kier alpha value is -2.72. The van der Waals surface area contributed by atoms with Crippen LogP contribution in [-0.2, 0) is 37.9 Å². The fourth-order valence-corrected chi connectivity index (χ4v) is 7.41. The summed E-state index contributed by atoms with van der Waals surface area (Å²) in [5.74, 6) is -0.903. The Bertz CT molecular complexity index is 1190. The fourth-order valence-electron chi connectivity index (χ4n) is 4.97. The van der Waals surface area contributed by atoms with Crippen LogP contribution in [0.2, 0.25) is 0 Å². The largest absolute Gasteiger partial charge is 0.332 e. The van der Waals surface area contributed by atoms with Crippen molar-refractivity contribution >= 4 is 39.0 Å².